The standard InChI is InChI=1S/C17H24N4O2/c1-17(2,3)23-16(22)21-13-7-12(8-13)19-9-11-10-20-15-14(11)5-4-6-18-15/h4-6,10,12-13,19H,7-9H2,1-3H3,(H,18,20)(H,21,22). The Morgan fingerprint density at radius 2 is 2.17 bits per heavy atom. The summed E-state index contributed by atoms with van der Waals surface area (Å²) in [6.45, 7) is 6.41. The lowest BCUT2D eigenvalue weighted by atomic mass is 9.87. The number of aromatic amines is 1. The van der Waals surface area contributed by atoms with E-state index in [1.54, 1.807) is 6.20 Å². The van der Waals surface area contributed by atoms with E-state index in [1.165, 1.54) is 5.56 Å². The zero-order valence-corrected chi connectivity index (χ0v) is 13.8. The summed E-state index contributed by atoms with van der Waals surface area (Å²) in [5, 5.41) is 7.59. The molecule has 23 heavy (non-hydrogen) atoms. The summed E-state index contributed by atoms with van der Waals surface area (Å²) in [7, 11) is 0. The normalized spacial score (nSPS) is 21.0. The van der Waals surface area contributed by atoms with Gasteiger partial charge in [0.05, 0.1) is 0 Å². The zero-order valence-electron chi connectivity index (χ0n) is 13.8. The van der Waals surface area contributed by atoms with Crippen molar-refractivity contribution in [1.82, 2.24) is 20.6 Å². The molecule has 1 aliphatic carbocycles. The summed E-state index contributed by atoms with van der Waals surface area (Å²) in [6, 6.07) is 4.65. The van der Waals surface area contributed by atoms with Gasteiger partial charge >= 0.3 is 6.09 Å². The predicted molar refractivity (Wildman–Crippen MR) is 89.1 cm³/mol. The summed E-state index contributed by atoms with van der Waals surface area (Å²) < 4.78 is 5.26. The van der Waals surface area contributed by atoms with Crippen LogP contribution in [0, 0.1) is 0 Å². The summed E-state index contributed by atoms with van der Waals surface area (Å²) >= 11 is 0. The number of aromatic nitrogens is 2. The van der Waals surface area contributed by atoms with E-state index in [2.05, 4.69) is 26.7 Å². The Balaban J connectivity index is 1.42. The van der Waals surface area contributed by atoms with Gasteiger partial charge in [-0.2, -0.15) is 0 Å². The number of hydrogen-bond donors (Lipinski definition) is 3. The number of carbonyl (C=O) groups is 1. The van der Waals surface area contributed by atoms with E-state index < -0.39 is 5.60 Å². The molecule has 0 aliphatic heterocycles. The Labute approximate surface area is 136 Å². The Bertz CT molecular complexity index is 683. The first kappa shape index (κ1) is 15.8. The first-order chi connectivity index (χ1) is 10.9. The lowest BCUT2D eigenvalue weighted by Gasteiger charge is -2.36. The van der Waals surface area contributed by atoms with Crippen LogP contribution in [0.1, 0.15) is 39.2 Å². The van der Waals surface area contributed by atoms with Gasteiger partial charge in [-0.05, 0) is 51.3 Å². The SMILES string of the molecule is CC(C)(C)OC(=O)NC1CC(NCc2c[nH]c3ncccc23)C1. The molecule has 0 aromatic carbocycles. The van der Waals surface area contributed by atoms with E-state index in [9.17, 15) is 4.79 Å². The molecule has 0 radical (unpaired) electrons. The van der Waals surface area contributed by atoms with E-state index in [0.29, 0.717) is 6.04 Å². The van der Waals surface area contributed by atoms with Crippen LogP contribution in [-0.2, 0) is 11.3 Å². The van der Waals surface area contributed by atoms with Crippen LogP contribution in [0.3, 0.4) is 0 Å². The van der Waals surface area contributed by atoms with Gasteiger partial charge < -0.3 is 20.4 Å². The van der Waals surface area contributed by atoms with Gasteiger partial charge in [0.25, 0.3) is 0 Å². The van der Waals surface area contributed by atoms with Crippen molar-refractivity contribution in [3.63, 3.8) is 0 Å². The van der Waals surface area contributed by atoms with Gasteiger partial charge in [-0.3, -0.25) is 0 Å². The highest BCUT2D eigenvalue weighted by Crippen LogP contribution is 2.22. The van der Waals surface area contributed by atoms with Crippen molar-refractivity contribution < 1.29 is 9.53 Å². The number of fused-ring (bicyclic) bond motifs is 1. The molecule has 124 valence electrons. The number of ether oxygens (including phenoxy) is 1. The Morgan fingerprint density at radius 1 is 1.39 bits per heavy atom. The highest BCUT2D eigenvalue weighted by molar-refractivity contribution is 5.79. The topological polar surface area (TPSA) is 79.0 Å². The van der Waals surface area contributed by atoms with Crippen molar-refractivity contribution in [1.29, 1.82) is 0 Å². The number of nitrogens with one attached hydrogen (secondary N) is 3. The average molecular weight is 316 g/mol. The molecule has 3 N–H and O–H groups in total. The first-order valence-electron chi connectivity index (χ1n) is 8.04. The van der Waals surface area contributed by atoms with Crippen LogP contribution in [0.5, 0.6) is 0 Å². The van der Waals surface area contributed by atoms with Crippen LogP contribution in [0.2, 0.25) is 0 Å². The van der Waals surface area contributed by atoms with Gasteiger partial charge in [0, 0.05) is 36.4 Å². The second kappa shape index (κ2) is 6.20. The van der Waals surface area contributed by atoms with Crippen LogP contribution >= 0.6 is 0 Å². The van der Waals surface area contributed by atoms with E-state index in [-0.39, 0.29) is 12.1 Å². The van der Waals surface area contributed by atoms with Crippen molar-refractivity contribution in [2.75, 3.05) is 0 Å². The maximum atomic E-state index is 11.7. The van der Waals surface area contributed by atoms with Crippen LogP contribution < -0.4 is 10.6 Å². The van der Waals surface area contributed by atoms with E-state index >= 15 is 0 Å². The number of pyridine rings is 1. The molecule has 2 aromatic heterocycles. The van der Waals surface area contributed by atoms with Gasteiger partial charge in [-0.1, -0.05) is 0 Å². The van der Waals surface area contributed by atoms with Crippen molar-refractivity contribution in [3.05, 3.63) is 30.1 Å². The number of amides is 1. The Morgan fingerprint density at radius 3 is 2.91 bits per heavy atom. The van der Waals surface area contributed by atoms with Crippen LogP contribution in [0.15, 0.2) is 24.5 Å². The van der Waals surface area contributed by atoms with E-state index in [0.717, 1.165) is 30.4 Å². The molecular formula is C17H24N4O2. The molecule has 0 unspecified atom stereocenters. The van der Waals surface area contributed by atoms with Gasteiger partial charge in [0.15, 0.2) is 0 Å². The van der Waals surface area contributed by atoms with Gasteiger partial charge in [0.2, 0.25) is 0 Å². The first-order valence-corrected chi connectivity index (χ1v) is 8.04. The van der Waals surface area contributed by atoms with Crippen molar-refractivity contribution >= 4 is 17.1 Å². The molecule has 2 heterocycles. The van der Waals surface area contributed by atoms with E-state index in [1.807, 2.05) is 33.0 Å². The largest absolute Gasteiger partial charge is 0.444 e. The van der Waals surface area contributed by atoms with Crippen LogP contribution in [0.4, 0.5) is 4.79 Å². The minimum atomic E-state index is -0.450. The molecule has 6 nitrogen and oxygen atoms in total. The second-order valence-corrected chi connectivity index (χ2v) is 7.11. The second-order valence-electron chi connectivity index (χ2n) is 7.11. The molecule has 0 spiro atoms. The number of carbonyl (C=O) groups excluding carboxylic acids is 1. The fourth-order valence-electron chi connectivity index (χ4n) is 2.79. The molecule has 2 aromatic rings. The minimum absolute atomic E-state index is 0.201. The molecule has 0 saturated heterocycles. The lowest BCUT2D eigenvalue weighted by molar-refractivity contribution is 0.0465. The smallest absolute Gasteiger partial charge is 0.407 e. The van der Waals surface area contributed by atoms with Crippen LogP contribution in [0.25, 0.3) is 11.0 Å². The van der Waals surface area contributed by atoms with Crippen molar-refractivity contribution in [3.8, 4) is 0 Å². The number of alkyl carbamates (subject to hydrolysis) is 1. The molecule has 0 bridgehead atoms. The summed E-state index contributed by atoms with van der Waals surface area (Å²) in [5.74, 6) is 0. The Hall–Kier alpha value is -2.08. The fraction of sp³-hybridized carbons (Fsp3) is 0.529. The van der Waals surface area contributed by atoms with Gasteiger partial charge in [-0.25, -0.2) is 9.78 Å². The molecule has 3 rings (SSSR count). The molecule has 1 amide bonds. The highest BCUT2D eigenvalue weighted by atomic mass is 16.6. The third-order valence-corrected chi connectivity index (χ3v) is 3.98. The quantitative estimate of drug-likeness (QED) is 0.810. The van der Waals surface area contributed by atoms with Crippen molar-refractivity contribution in [2.45, 2.75) is 57.8 Å². The number of rotatable bonds is 4. The molecule has 1 saturated carbocycles. The summed E-state index contributed by atoms with van der Waals surface area (Å²) in [6.07, 6.45) is 5.32. The third-order valence-electron chi connectivity index (χ3n) is 3.98. The maximum Gasteiger partial charge on any atom is 0.407 e. The number of H-pyrrole nitrogens is 1. The summed E-state index contributed by atoms with van der Waals surface area (Å²) in [4.78, 5) is 19.2. The number of nitrogens with zero attached hydrogens (tertiary/aromatic N) is 1. The van der Waals surface area contributed by atoms with Gasteiger partial charge in [-0.15, -0.1) is 0 Å². The fourth-order valence-corrected chi connectivity index (χ4v) is 2.79. The summed E-state index contributed by atoms with van der Waals surface area (Å²) in [5.41, 5.74) is 1.69. The van der Waals surface area contributed by atoms with E-state index in [4.69, 9.17) is 4.74 Å². The molecule has 1 fully saturated rings. The molecule has 1 aliphatic rings. The minimum Gasteiger partial charge on any atom is -0.444 e. The predicted octanol–water partition coefficient (Wildman–Crippen LogP) is 2.71. The monoisotopic (exact) mass is 316 g/mol. The molecule has 6 heteroatoms. The molecular weight excluding hydrogens is 292 g/mol. The Kier molecular flexibility index (Phi) is 4.26. The maximum absolute atomic E-state index is 11.7. The lowest BCUT2D eigenvalue weighted by Crippen LogP contribution is -2.52. The number of hydrogen-bond acceptors (Lipinski definition) is 4. The zero-order chi connectivity index (χ0) is 16.4. The third kappa shape index (κ3) is 4.01. The van der Waals surface area contributed by atoms with Gasteiger partial charge in [0.1, 0.15) is 11.2 Å². The van der Waals surface area contributed by atoms with Crippen molar-refractivity contribution in [2.24, 2.45) is 0 Å². The average Bonchev–Trinajstić information content (AvgIpc) is 2.82. The molecule has 0 atom stereocenters. The highest BCUT2D eigenvalue weighted by Gasteiger charge is 2.31. The van der Waals surface area contributed by atoms with Crippen LogP contribution in [-0.4, -0.2) is 33.7 Å².